The van der Waals surface area contributed by atoms with E-state index in [1.807, 2.05) is 0 Å². The third-order valence-electron chi connectivity index (χ3n) is 2.98. The number of amides is 1. The standard InChI is InChI=1S/C16H22F2N4O.HI/c1-4-8-19-16(21-11-15(23)22(2)3)20-9-7-12-10-13(17)5-6-14(12)18;/h4-6,10H,1,7-9,11H2,2-3H3,(H2,19,20,21);1H. The average Bonchev–Trinajstić information content (AvgIpc) is 2.52. The molecule has 5 nitrogen and oxygen atoms in total. The predicted molar refractivity (Wildman–Crippen MR) is 103 cm³/mol. The number of carbonyl (C=O) groups excluding carboxylic acids is 1. The van der Waals surface area contributed by atoms with Gasteiger partial charge in [0.05, 0.1) is 0 Å². The second kappa shape index (κ2) is 11.8. The summed E-state index contributed by atoms with van der Waals surface area (Å²) in [4.78, 5) is 17.1. The first kappa shape index (κ1) is 22.3. The Morgan fingerprint density at radius 2 is 2.04 bits per heavy atom. The average molecular weight is 452 g/mol. The van der Waals surface area contributed by atoms with Crippen molar-refractivity contribution < 1.29 is 13.6 Å². The van der Waals surface area contributed by atoms with Gasteiger partial charge in [-0.1, -0.05) is 6.08 Å². The molecular weight excluding hydrogens is 429 g/mol. The third-order valence-corrected chi connectivity index (χ3v) is 2.98. The lowest BCUT2D eigenvalue weighted by Gasteiger charge is -2.13. The number of likely N-dealkylation sites (N-methyl/N-ethyl adjacent to an activating group) is 1. The van der Waals surface area contributed by atoms with Crippen LogP contribution in [-0.2, 0) is 11.2 Å². The molecule has 1 rings (SSSR count). The van der Waals surface area contributed by atoms with Crippen LogP contribution in [0.15, 0.2) is 35.8 Å². The van der Waals surface area contributed by atoms with Crippen molar-refractivity contribution in [3.05, 3.63) is 48.1 Å². The van der Waals surface area contributed by atoms with Gasteiger partial charge in [-0.3, -0.25) is 4.79 Å². The molecule has 0 aliphatic carbocycles. The minimum absolute atomic E-state index is 0. The summed E-state index contributed by atoms with van der Waals surface area (Å²) in [5.74, 6) is -0.650. The highest BCUT2D eigenvalue weighted by molar-refractivity contribution is 14.0. The van der Waals surface area contributed by atoms with E-state index in [1.165, 1.54) is 11.0 Å². The van der Waals surface area contributed by atoms with E-state index in [0.717, 1.165) is 12.1 Å². The van der Waals surface area contributed by atoms with Gasteiger partial charge in [0.2, 0.25) is 5.91 Å². The highest BCUT2D eigenvalue weighted by Gasteiger charge is 2.06. The lowest BCUT2D eigenvalue weighted by atomic mass is 10.1. The van der Waals surface area contributed by atoms with Crippen molar-refractivity contribution in [2.75, 3.05) is 33.7 Å². The van der Waals surface area contributed by atoms with Gasteiger partial charge < -0.3 is 15.5 Å². The van der Waals surface area contributed by atoms with Crippen LogP contribution in [0.1, 0.15) is 5.56 Å². The number of guanidine groups is 1. The van der Waals surface area contributed by atoms with Gasteiger partial charge in [0.1, 0.15) is 18.2 Å². The van der Waals surface area contributed by atoms with Gasteiger partial charge in [0, 0.05) is 27.2 Å². The second-order valence-corrected chi connectivity index (χ2v) is 5.04. The molecule has 0 unspecified atom stereocenters. The highest BCUT2D eigenvalue weighted by Crippen LogP contribution is 2.09. The Balaban J connectivity index is 0.00000529. The summed E-state index contributed by atoms with van der Waals surface area (Å²) >= 11 is 0. The van der Waals surface area contributed by atoms with E-state index in [1.54, 1.807) is 20.2 Å². The van der Waals surface area contributed by atoms with Crippen molar-refractivity contribution >= 4 is 35.8 Å². The van der Waals surface area contributed by atoms with E-state index >= 15 is 0 Å². The van der Waals surface area contributed by atoms with E-state index in [-0.39, 0.29) is 42.0 Å². The van der Waals surface area contributed by atoms with Crippen molar-refractivity contribution in [1.29, 1.82) is 0 Å². The summed E-state index contributed by atoms with van der Waals surface area (Å²) in [6, 6.07) is 3.35. The van der Waals surface area contributed by atoms with E-state index in [2.05, 4.69) is 22.2 Å². The number of hydrogen-bond acceptors (Lipinski definition) is 2. The molecule has 0 aliphatic rings. The molecule has 0 fully saturated rings. The molecule has 0 atom stereocenters. The molecule has 134 valence electrons. The summed E-state index contributed by atoms with van der Waals surface area (Å²) in [7, 11) is 3.30. The fourth-order valence-corrected chi connectivity index (χ4v) is 1.68. The van der Waals surface area contributed by atoms with Gasteiger partial charge in [0.25, 0.3) is 0 Å². The molecule has 8 heteroatoms. The van der Waals surface area contributed by atoms with Crippen LogP contribution >= 0.6 is 24.0 Å². The van der Waals surface area contributed by atoms with Crippen LogP contribution in [0.25, 0.3) is 0 Å². The minimum Gasteiger partial charge on any atom is -0.356 e. The van der Waals surface area contributed by atoms with Crippen LogP contribution in [-0.4, -0.2) is 50.5 Å². The molecule has 0 radical (unpaired) electrons. The maximum absolute atomic E-state index is 13.5. The van der Waals surface area contributed by atoms with Gasteiger partial charge in [-0.2, -0.15) is 0 Å². The zero-order valence-electron chi connectivity index (χ0n) is 13.8. The second-order valence-electron chi connectivity index (χ2n) is 5.04. The topological polar surface area (TPSA) is 56.7 Å². The molecule has 0 aromatic heterocycles. The maximum atomic E-state index is 13.5. The zero-order chi connectivity index (χ0) is 17.2. The molecule has 1 aromatic rings. The summed E-state index contributed by atoms with van der Waals surface area (Å²) in [6.45, 7) is 4.40. The van der Waals surface area contributed by atoms with Gasteiger partial charge in [-0.15, -0.1) is 30.6 Å². The molecule has 0 spiro atoms. The fraction of sp³-hybridized carbons (Fsp3) is 0.375. The zero-order valence-corrected chi connectivity index (χ0v) is 16.1. The minimum atomic E-state index is -0.475. The first-order chi connectivity index (χ1) is 10.9. The molecule has 0 saturated heterocycles. The molecule has 0 saturated carbocycles. The van der Waals surface area contributed by atoms with E-state index < -0.39 is 11.6 Å². The molecule has 24 heavy (non-hydrogen) atoms. The summed E-state index contributed by atoms with van der Waals surface area (Å²) < 4.78 is 26.6. The first-order valence-corrected chi connectivity index (χ1v) is 7.21. The number of benzene rings is 1. The number of rotatable bonds is 7. The van der Waals surface area contributed by atoms with Crippen LogP contribution < -0.4 is 10.6 Å². The summed E-state index contributed by atoms with van der Waals surface area (Å²) in [5, 5.41) is 5.93. The number of carbonyl (C=O) groups is 1. The Bertz CT molecular complexity index is 579. The number of aliphatic imine (C=N–C) groups is 1. The van der Waals surface area contributed by atoms with Crippen molar-refractivity contribution in [1.82, 2.24) is 15.5 Å². The van der Waals surface area contributed by atoms with Crippen molar-refractivity contribution in [2.24, 2.45) is 4.99 Å². The van der Waals surface area contributed by atoms with E-state index in [4.69, 9.17) is 0 Å². The Labute approximate surface area is 158 Å². The van der Waals surface area contributed by atoms with Gasteiger partial charge >= 0.3 is 0 Å². The quantitative estimate of drug-likeness (QED) is 0.288. The summed E-state index contributed by atoms with van der Waals surface area (Å²) in [6.07, 6.45) is 1.94. The van der Waals surface area contributed by atoms with Gasteiger partial charge in [0.15, 0.2) is 5.96 Å². The van der Waals surface area contributed by atoms with Gasteiger partial charge in [-0.25, -0.2) is 13.8 Å². The molecule has 2 N–H and O–H groups in total. The van der Waals surface area contributed by atoms with Crippen molar-refractivity contribution in [2.45, 2.75) is 6.42 Å². The van der Waals surface area contributed by atoms with Crippen molar-refractivity contribution in [3.8, 4) is 0 Å². The largest absolute Gasteiger partial charge is 0.356 e. The molecule has 0 bridgehead atoms. The lowest BCUT2D eigenvalue weighted by molar-refractivity contribution is -0.127. The number of halogens is 3. The number of nitrogens with one attached hydrogen (secondary N) is 2. The number of hydrogen-bond donors (Lipinski definition) is 2. The van der Waals surface area contributed by atoms with Crippen LogP contribution in [0.5, 0.6) is 0 Å². The Morgan fingerprint density at radius 1 is 1.33 bits per heavy atom. The Morgan fingerprint density at radius 3 is 2.67 bits per heavy atom. The van der Waals surface area contributed by atoms with Crippen LogP contribution in [0.4, 0.5) is 8.78 Å². The molecule has 0 aliphatic heterocycles. The van der Waals surface area contributed by atoms with Crippen LogP contribution in [0, 0.1) is 11.6 Å². The summed E-state index contributed by atoms with van der Waals surface area (Å²) in [5.41, 5.74) is 0.282. The molecule has 0 heterocycles. The van der Waals surface area contributed by atoms with Crippen LogP contribution in [0.3, 0.4) is 0 Å². The Hall–Kier alpha value is -1.71. The first-order valence-electron chi connectivity index (χ1n) is 7.21. The van der Waals surface area contributed by atoms with E-state index in [9.17, 15) is 13.6 Å². The normalized spacial score (nSPS) is 10.6. The Kier molecular flexibility index (Phi) is 10.9. The van der Waals surface area contributed by atoms with Crippen molar-refractivity contribution in [3.63, 3.8) is 0 Å². The number of nitrogens with zero attached hydrogens (tertiary/aromatic N) is 2. The third kappa shape index (κ3) is 8.23. The molecular formula is C16H23F2IN4O. The van der Waals surface area contributed by atoms with Gasteiger partial charge in [-0.05, 0) is 30.2 Å². The highest BCUT2D eigenvalue weighted by atomic mass is 127. The van der Waals surface area contributed by atoms with Crippen LogP contribution in [0.2, 0.25) is 0 Å². The fourth-order valence-electron chi connectivity index (χ4n) is 1.68. The molecule has 1 amide bonds. The maximum Gasteiger partial charge on any atom is 0.243 e. The predicted octanol–water partition coefficient (Wildman–Crippen LogP) is 1.93. The lowest BCUT2D eigenvalue weighted by Crippen LogP contribution is -2.39. The smallest absolute Gasteiger partial charge is 0.243 e. The van der Waals surface area contributed by atoms with E-state index in [0.29, 0.717) is 25.5 Å². The SMILES string of the molecule is C=CCNC(=NCC(=O)N(C)C)NCCc1cc(F)ccc1F.I. The molecule has 1 aromatic carbocycles. The monoisotopic (exact) mass is 452 g/mol.